The minimum absolute atomic E-state index is 0.466. The van der Waals surface area contributed by atoms with Gasteiger partial charge in [0, 0.05) is 25.3 Å². The van der Waals surface area contributed by atoms with Gasteiger partial charge in [0.25, 0.3) is 0 Å². The minimum atomic E-state index is 0.466. The van der Waals surface area contributed by atoms with Crippen LogP contribution in [0.25, 0.3) is 0 Å². The van der Waals surface area contributed by atoms with E-state index in [1.165, 1.54) is 50.2 Å². The van der Waals surface area contributed by atoms with Crippen molar-refractivity contribution in [2.24, 2.45) is 5.41 Å². The van der Waals surface area contributed by atoms with Gasteiger partial charge in [0.1, 0.15) is 11.6 Å². The Morgan fingerprint density at radius 1 is 1.11 bits per heavy atom. The van der Waals surface area contributed by atoms with Crippen LogP contribution in [0.2, 0.25) is 0 Å². The molecule has 2 aromatic rings. The maximum absolute atomic E-state index is 5.46. The molecule has 28 heavy (non-hydrogen) atoms. The van der Waals surface area contributed by atoms with E-state index in [4.69, 9.17) is 4.52 Å². The molecule has 2 fully saturated rings. The van der Waals surface area contributed by atoms with E-state index in [9.17, 15) is 0 Å². The Morgan fingerprint density at radius 2 is 2.00 bits per heavy atom. The molecule has 1 aliphatic carbocycles. The molecule has 7 heteroatoms. The topological polar surface area (TPSA) is 72.9 Å². The van der Waals surface area contributed by atoms with Gasteiger partial charge in [0.15, 0.2) is 5.82 Å². The van der Waals surface area contributed by atoms with Gasteiger partial charge in [0.2, 0.25) is 5.89 Å². The summed E-state index contributed by atoms with van der Waals surface area (Å²) >= 11 is 0. The molecule has 0 aromatic carbocycles. The molecule has 5 rings (SSSR count). The van der Waals surface area contributed by atoms with E-state index >= 15 is 0 Å². The normalized spacial score (nSPS) is 24.2. The number of fused-ring (bicyclic) bond motifs is 1. The molecule has 7 nitrogen and oxygen atoms in total. The van der Waals surface area contributed by atoms with E-state index in [1.54, 1.807) is 0 Å². The lowest BCUT2D eigenvalue weighted by Gasteiger charge is -2.31. The summed E-state index contributed by atoms with van der Waals surface area (Å²) in [5, 5.41) is 13.3. The molecule has 1 saturated heterocycles. The fourth-order valence-corrected chi connectivity index (χ4v) is 5.17. The molecule has 1 saturated carbocycles. The molecule has 0 radical (unpaired) electrons. The molecule has 152 valence electrons. The Hall–Kier alpha value is -1.76. The number of nitrogens with zero attached hydrogens (tertiary/aromatic N) is 6. The van der Waals surface area contributed by atoms with E-state index < -0.39 is 0 Å². The predicted molar refractivity (Wildman–Crippen MR) is 105 cm³/mol. The SMILES string of the molecule is CCCCc1noc(CN2CCC3(CC2)C[C@H]3c2nnc3n2CCCCC3)n1. The Bertz CT molecular complexity index is 804. The molecule has 0 N–H and O–H groups in total. The number of rotatable bonds is 6. The lowest BCUT2D eigenvalue weighted by Crippen LogP contribution is -2.34. The van der Waals surface area contributed by atoms with Crippen LogP contribution in [-0.2, 0) is 25.9 Å². The molecule has 1 spiro atoms. The van der Waals surface area contributed by atoms with Crippen LogP contribution in [0.4, 0.5) is 0 Å². The second kappa shape index (κ2) is 7.58. The molecule has 4 heterocycles. The maximum atomic E-state index is 5.46. The highest BCUT2D eigenvalue weighted by molar-refractivity contribution is 5.21. The Balaban J connectivity index is 1.17. The molecule has 2 aliphatic heterocycles. The first-order valence-electron chi connectivity index (χ1n) is 11.2. The minimum Gasteiger partial charge on any atom is -0.338 e. The average molecular weight is 385 g/mol. The van der Waals surface area contributed by atoms with Gasteiger partial charge in [-0.2, -0.15) is 4.98 Å². The highest BCUT2D eigenvalue weighted by Crippen LogP contribution is 2.64. The standard InChI is InChI=1S/C21H32N6O/c1-2-3-7-17-22-19(28-25-17)15-26-12-9-21(10-13-26)14-16(21)20-24-23-18-8-5-4-6-11-27(18)20/h16H,2-15H2,1H3/t16-/m0/s1. The van der Waals surface area contributed by atoms with Crippen molar-refractivity contribution < 1.29 is 4.52 Å². The van der Waals surface area contributed by atoms with Gasteiger partial charge in [-0.3, -0.25) is 4.90 Å². The Labute approximate surface area is 166 Å². The monoisotopic (exact) mass is 384 g/mol. The highest BCUT2D eigenvalue weighted by Gasteiger charge is 2.57. The van der Waals surface area contributed by atoms with Crippen molar-refractivity contribution in [1.82, 2.24) is 29.8 Å². The van der Waals surface area contributed by atoms with Gasteiger partial charge in [-0.05, 0) is 57.0 Å². The van der Waals surface area contributed by atoms with Gasteiger partial charge in [0.05, 0.1) is 6.54 Å². The van der Waals surface area contributed by atoms with E-state index in [1.807, 2.05) is 0 Å². The summed E-state index contributed by atoms with van der Waals surface area (Å²) in [6.07, 6.45) is 12.0. The molecular weight excluding hydrogens is 352 g/mol. The average Bonchev–Trinajstić information content (AvgIpc) is 3.09. The fourth-order valence-electron chi connectivity index (χ4n) is 5.17. The number of likely N-dealkylation sites (tertiary alicyclic amines) is 1. The highest BCUT2D eigenvalue weighted by atomic mass is 16.5. The number of unbranched alkanes of at least 4 members (excludes halogenated alkanes) is 1. The van der Waals surface area contributed by atoms with Gasteiger partial charge in [-0.1, -0.05) is 24.9 Å². The fraction of sp³-hybridized carbons (Fsp3) is 0.810. The third kappa shape index (κ3) is 3.49. The molecule has 2 aromatic heterocycles. The van der Waals surface area contributed by atoms with Crippen LogP contribution in [0, 0.1) is 5.41 Å². The van der Waals surface area contributed by atoms with Crippen LogP contribution in [0.3, 0.4) is 0 Å². The largest absolute Gasteiger partial charge is 0.338 e. The number of hydrogen-bond donors (Lipinski definition) is 0. The molecule has 0 amide bonds. The second-order valence-corrected chi connectivity index (χ2v) is 9.04. The van der Waals surface area contributed by atoms with Crippen LogP contribution >= 0.6 is 0 Å². The Morgan fingerprint density at radius 3 is 2.86 bits per heavy atom. The summed E-state index contributed by atoms with van der Waals surface area (Å²) in [4.78, 5) is 7.04. The van der Waals surface area contributed by atoms with Crippen LogP contribution in [0.15, 0.2) is 4.52 Å². The molecule has 0 unspecified atom stereocenters. The summed E-state index contributed by atoms with van der Waals surface area (Å²) in [5.41, 5.74) is 0.466. The zero-order valence-electron chi connectivity index (χ0n) is 17.1. The van der Waals surface area contributed by atoms with Crippen molar-refractivity contribution in [3.05, 3.63) is 23.4 Å². The lowest BCUT2D eigenvalue weighted by molar-refractivity contribution is 0.145. The van der Waals surface area contributed by atoms with Crippen molar-refractivity contribution >= 4 is 0 Å². The van der Waals surface area contributed by atoms with Crippen LogP contribution in [0.5, 0.6) is 0 Å². The van der Waals surface area contributed by atoms with Crippen LogP contribution < -0.4 is 0 Å². The molecule has 1 atom stereocenters. The zero-order chi connectivity index (χ0) is 19.0. The first-order chi connectivity index (χ1) is 13.8. The first kappa shape index (κ1) is 18.3. The zero-order valence-corrected chi connectivity index (χ0v) is 17.1. The summed E-state index contributed by atoms with van der Waals surface area (Å²) in [6.45, 7) is 6.33. The summed E-state index contributed by atoms with van der Waals surface area (Å²) in [6, 6.07) is 0. The summed E-state index contributed by atoms with van der Waals surface area (Å²) in [7, 11) is 0. The van der Waals surface area contributed by atoms with Gasteiger partial charge in [-0.15, -0.1) is 10.2 Å². The van der Waals surface area contributed by atoms with Crippen molar-refractivity contribution in [2.75, 3.05) is 13.1 Å². The summed E-state index contributed by atoms with van der Waals surface area (Å²) < 4.78 is 7.92. The number of aryl methyl sites for hydroxylation is 2. The van der Waals surface area contributed by atoms with Gasteiger partial charge in [-0.25, -0.2) is 0 Å². The number of piperidine rings is 1. The van der Waals surface area contributed by atoms with Crippen molar-refractivity contribution in [1.29, 1.82) is 0 Å². The maximum Gasteiger partial charge on any atom is 0.240 e. The van der Waals surface area contributed by atoms with Crippen molar-refractivity contribution in [3.63, 3.8) is 0 Å². The predicted octanol–water partition coefficient (Wildman–Crippen LogP) is 3.50. The number of hydrogen-bond acceptors (Lipinski definition) is 6. The van der Waals surface area contributed by atoms with Gasteiger partial charge >= 0.3 is 0 Å². The van der Waals surface area contributed by atoms with Crippen molar-refractivity contribution in [3.8, 4) is 0 Å². The van der Waals surface area contributed by atoms with Crippen LogP contribution in [-0.4, -0.2) is 42.9 Å². The van der Waals surface area contributed by atoms with Crippen molar-refractivity contribution in [2.45, 2.75) is 90.1 Å². The quantitative estimate of drug-likeness (QED) is 0.759. The lowest BCUT2D eigenvalue weighted by atomic mass is 9.90. The number of aromatic nitrogens is 5. The smallest absolute Gasteiger partial charge is 0.240 e. The second-order valence-electron chi connectivity index (χ2n) is 9.04. The van der Waals surface area contributed by atoms with E-state index in [0.29, 0.717) is 11.3 Å². The van der Waals surface area contributed by atoms with E-state index in [0.717, 1.165) is 63.6 Å². The Kier molecular flexibility index (Phi) is 4.95. The molecular formula is C21H32N6O. The van der Waals surface area contributed by atoms with E-state index in [-0.39, 0.29) is 0 Å². The molecule has 3 aliphatic rings. The van der Waals surface area contributed by atoms with Gasteiger partial charge < -0.3 is 9.09 Å². The third-order valence-electron chi connectivity index (χ3n) is 7.11. The third-order valence-corrected chi connectivity index (χ3v) is 7.11. The molecule has 0 bridgehead atoms. The van der Waals surface area contributed by atoms with Crippen LogP contribution in [0.1, 0.15) is 87.6 Å². The van der Waals surface area contributed by atoms with E-state index in [2.05, 4.69) is 36.7 Å². The summed E-state index contributed by atoms with van der Waals surface area (Å²) in [5.74, 6) is 4.76. The first-order valence-corrected chi connectivity index (χ1v) is 11.2.